The van der Waals surface area contributed by atoms with Gasteiger partial charge in [-0.1, -0.05) is 12.1 Å². The van der Waals surface area contributed by atoms with Crippen molar-refractivity contribution in [3.05, 3.63) is 30.1 Å². The molecule has 0 saturated carbocycles. The van der Waals surface area contributed by atoms with Crippen molar-refractivity contribution in [2.24, 2.45) is 5.73 Å². The lowest BCUT2D eigenvalue weighted by Gasteiger charge is -2.36. The lowest BCUT2D eigenvalue weighted by Crippen LogP contribution is -2.61. The normalized spacial score (nSPS) is 21.5. The molecule has 1 unspecified atom stereocenters. The minimum absolute atomic E-state index is 0.217. The number of nitrogens with two attached hydrogens (primary N) is 1. The summed E-state index contributed by atoms with van der Waals surface area (Å²) in [5.41, 5.74) is 5.70. The molecular formula is C9H9FN2O. The van der Waals surface area contributed by atoms with E-state index in [1.54, 1.807) is 18.2 Å². The van der Waals surface area contributed by atoms with Gasteiger partial charge in [-0.15, -0.1) is 0 Å². The van der Waals surface area contributed by atoms with Gasteiger partial charge in [0.25, 0.3) is 0 Å². The number of carbonyl (C=O) groups is 1. The van der Waals surface area contributed by atoms with Crippen LogP contribution in [0.1, 0.15) is 0 Å². The highest BCUT2D eigenvalue weighted by Gasteiger charge is 2.35. The lowest BCUT2D eigenvalue weighted by molar-refractivity contribution is -0.123. The zero-order valence-electron chi connectivity index (χ0n) is 6.90. The van der Waals surface area contributed by atoms with E-state index in [0.29, 0.717) is 12.2 Å². The molecule has 1 heterocycles. The second-order valence-electron chi connectivity index (χ2n) is 3.01. The number of anilines is 1. The van der Waals surface area contributed by atoms with Gasteiger partial charge in [-0.2, -0.15) is 0 Å². The molecule has 1 aliphatic rings. The number of amides is 1. The van der Waals surface area contributed by atoms with E-state index >= 15 is 0 Å². The Bertz CT molecular complexity index is 353. The summed E-state index contributed by atoms with van der Waals surface area (Å²) in [5.74, 6) is -0.604. The molecule has 2 N–H and O–H groups in total. The molecule has 2 rings (SSSR count). The molecule has 0 radical (unpaired) electrons. The minimum atomic E-state index is -0.459. The van der Waals surface area contributed by atoms with Crippen LogP contribution in [0.2, 0.25) is 0 Å². The quantitative estimate of drug-likeness (QED) is 0.640. The Hall–Kier alpha value is -1.42. The van der Waals surface area contributed by atoms with Crippen LogP contribution in [-0.4, -0.2) is 18.5 Å². The van der Waals surface area contributed by atoms with Gasteiger partial charge in [-0.05, 0) is 12.1 Å². The highest BCUT2D eigenvalue weighted by atomic mass is 19.1. The molecule has 68 valence electrons. The maximum Gasteiger partial charge on any atom is 0.245 e. The number of β-lactam (4-membered cyclic amide) rings is 1. The third-order valence-electron chi connectivity index (χ3n) is 2.11. The first-order valence-electron chi connectivity index (χ1n) is 4.01. The second kappa shape index (κ2) is 2.81. The average Bonchev–Trinajstić information content (AvgIpc) is 2.15. The van der Waals surface area contributed by atoms with Crippen LogP contribution in [0.15, 0.2) is 24.3 Å². The zero-order chi connectivity index (χ0) is 9.42. The molecule has 0 bridgehead atoms. The molecule has 1 aromatic rings. The van der Waals surface area contributed by atoms with E-state index in [-0.39, 0.29) is 11.7 Å². The van der Waals surface area contributed by atoms with Crippen molar-refractivity contribution in [1.82, 2.24) is 0 Å². The number of benzene rings is 1. The highest BCUT2D eigenvalue weighted by Crippen LogP contribution is 2.23. The first kappa shape index (κ1) is 8.19. The largest absolute Gasteiger partial charge is 0.318 e. The molecule has 1 atom stereocenters. The smallest absolute Gasteiger partial charge is 0.245 e. The number of rotatable bonds is 1. The predicted octanol–water partition coefficient (Wildman–Crippen LogP) is 0.500. The van der Waals surface area contributed by atoms with Crippen molar-refractivity contribution >= 4 is 11.6 Å². The van der Waals surface area contributed by atoms with Gasteiger partial charge in [0.2, 0.25) is 5.91 Å². The Labute approximate surface area is 74.9 Å². The molecule has 13 heavy (non-hydrogen) atoms. The SMILES string of the molecule is NC1CN(c2ccccc2F)C1=O. The zero-order valence-corrected chi connectivity index (χ0v) is 6.90. The summed E-state index contributed by atoms with van der Waals surface area (Å²) in [6, 6.07) is 5.71. The van der Waals surface area contributed by atoms with Crippen LogP contribution in [0, 0.1) is 5.82 Å². The minimum Gasteiger partial charge on any atom is -0.318 e. The van der Waals surface area contributed by atoms with E-state index < -0.39 is 6.04 Å². The highest BCUT2D eigenvalue weighted by molar-refractivity contribution is 6.03. The number of nitrogens with zero attached hydrogens (tertiary/aromatic N) is 1. The Balaban J connectivity index is 2.28. The van der Waals surface area contributed by atoms with Gasteiger partial charge < -0.3 is 10.6 Å². The summed E-state index contributed by atoms with van der Waals surface area (Å²) >= 11 is 0. The molecule has 1 saturated heterocycles. The molecule has 3 nitrogen and oxygen atoms in total. The fourth-order valence-corrected chi connectivity index (χ4v) is 1.34. The molecular weight excluding hydrogens is 171 g/mol. The maximum absolute atomic E-state index is 13.1. The Morgan fingerprint density at radius 2 is 2.15 bits per heavy atom. The molecule has 0 aromatic heterocycles. The molecule has 0 aliphatic carbocycles. The van der Waals surface area contributed by atoms with E-state index in [0.717, 1.165) is 0 Å². The van der Waals surface area contributed by atoms with E-state index in [4.69, 9.17) is 5.73 Å². The molecule has 1 aliphatic heterocycles. The van der Waals surface area contributed by atoms with Crippen LogP contribution < -0.4 is 10.6 Å². The van der Waals surface area contributed by atoms with Crippen LogP contribution in [-0.2, 0) is 4.79 Å². The molecule has 4 heteroatoms. The van der Waals surface area contributed by atoms with Crippen molar-refractivity contribution in [3.63, 3.8) is 0 Å². The molecule has 1 aromatic carbocycles. The molecule has 1 amide bonds. The Morgan fingerprint density at radius 3 is 2.69 bits per heavy atom. The maximum atomic E-state index is 13.1. The topological polar surface area (TPSA) is 46.3 Å². The van der Waals surface area contributed by atoms with Crippen LogP contribution in [0.25, 0.3) is 0 Å². The summed E-state index contributed by atoms with van der Waals surface area (Å²) < 4.78 is 13.1. The first-order chi connectivity index (χ1) is 6.20. The third-order valence-corrected chi connectivity index (χ3v) is 2.11. The van der Waals surface area contributed by atoms with Crippen molar-refractivity contribution in [2.75, 3.05) is 11.4 Å². The number of hydrogen-bond donors (Lipinski definition) is 1. The van der Waals surface area contributed by atoms with Crippen LogP contribution in [0.4, 0.5) is 10.1 Å². The van der Waals surface area contributed by atoms with E-state index in [2.05, 4.69) is 0 Å². The monoisotopic (exact) mass is 180 g/mol. The van der Waals surface area contributed by atoms with Gasteiger partial charge in [0.1, 0.15) is 11.9 Å². The van der Waals surface area contributed by atoms with Crippen LogP contribution in [0.3, 0.4) is 0 Å². The van der Waals surface area contributed by atoms with Crippen molar-refractivity contribution in [2.45, 2.75) is 6.04 Å². The Kier molecular flexibility index (Phi) is 1.77. The summed E-state index contributed by atoms with van der Waals surface area (Å²) in [7, 11) is 0. The number of hydrogen-bond acceptors (Lipinski definition) is 2. The summed E-state index contributed by atoms with van der Waals surface area (Å²) in [6.45, 7) is 0.403. The van der Waals surface area contributed by atoms with Gasteiger partial charge in [-0.3, -0.25) is 4.79 Å². The van der Waals surface area contributed by atoms with Crippen molar-refractivity contribution in [1.29, 1.82) is 0 Å². The molecule has 1 fully saturated rings. The summed E-state index contributed by atoms with van der Waals surface area (Å²) in [5, 5.41) is 0. The Morgan fingerprint density at radius 1 is 1.46 bits per heavy atom. The van der Waals surface area contributed by atoms with E-state index in [9.17, 15) is 9.18 Å². The standard InChI is InChI=1S/C9H9FN2O/c10-6-3-1-2-4-8(6)12-5-7(11)9(12)13/h1-4,7H,5,11H2. The lowest BCUT2D eigenvalue weighted by atomic mass is 10.1. The third kappa shape index (κ3) is 1.19. The average molecular weight is 180 g/mol. The van der Waals surface area contributed by atoms with Gasteiger partial charge in [-0.25, -0.2) is 4.39 Å². The number of halogens is 1. The predicted molar refractivity (Wildman–Crippen MR) is 46.7 cm³/mol. The van der Waals surface area contributed by atoms with Crippen molar-refractivity contribution in [3.8, 4) is 0 Å². The van der Waals surface area contributed by atoms with E-state index in [1.807, 2.05) is 0 Å². The van der Waals surface area contributed by atoms with Gasteiger partial charge in [0, 0.05) is 0 Å². The molecule has 0 spiro atoms. The van der Waals surface area contributed by atoms with Gasteiger partial charge in [0.15, 0.2) is 0 Å². The first-order valence-corrected chi connectivity index (χ1v) is 4.01. The van der Waals surface area contributed by atoms with Crippen LogP contribution >= 0.6 is 0 Å². The van der Waals surface area contributed by atoms with Crippen LogP contribution in [0.5, 0.6) is 0 Å². The van der Waals surface area contributed by atoms with Gasteiger partial charge in [0.05, 0.1) is 12.2 Å². The fourth-order valence-electron chi connectivity index (χ4n) is 1.34. The van der Waals surface area contributed by atoms with Gasteiger partial charge >= 0.3 is 0 Å². The number of carbonyl (C=O) groups excluding carboxylic acids is 1. The summed E-state index contributed by atoms with van der Waals surface area (Å²) in [4.78, 5) is 12.5. The fraction of sp³-hybridized carbons (Fsp3) is 0.222. The van der Waals surface area contributed by atoms with Crippen molar-refractivity contribution < 1.29 is 9.18 Å². The second-order valence-corrected chi connectivity index (χ2v) is 3.01. The summed E-state index contributed by atoms with van der Waals surface area (Å²) in [6.07, 6.45) is 0. The number of para-hydroxylation sites is 1. The van der Waals surface area contributed by atoms with E-state index in [1.165, 1.54) is 11.0 Å².